The first kappa shape index (κ1) is 31.4. The SMILES string of the molecule is CC(=O)N1CCC2(CC1)CC(CN1C(=O)c3cccc(c3)SNc3nc(cc(-c4c(C)cccc4C)n3)OC[C@H]1CC(C)C)C2. The molecule has 4 bridgehead atoms. The highest BCUT2D eigenvalue weighted by Crippen LogP contribution is 2.53. The Bertz CT molecular complexity index is 1540. The molecule has 0 radical (unpaired) electrons. The molecule has 2 aliphatic heterocycles. The van der Waals surface area contributed by atoms with Crippen LogP contribution in [-0.2, 0) is 4.79 Å². The highest BCUT2D eigenvalue weighted by atomic mass is 32.2. The van der Waals surface area contributed by atoms with Gasteiger partial charge in [0.15, 0.2) is 0 Å². The molecule has 2 aromatic carbocycles. The minimum absolute atomic E-state index is 0.0484. The minimum atomic E-state index is -0.110. The summed E-state index contributed by atoms with van der Waals surface area (Å²) < 4.78 is 9.81. The minimum Gasteiger partial charge on any atom is -0.475 e. The van der Waals surface area contributed by atoms with Crippen LogP contribution in [0.2, 0.25) is 0 Å². The molecule has 1 saturated heterocycles. The molecule has 1 saturated carbocycles. The maximum Gasteiger partial charge on any atom is 0.254 e. The third kappa shape index (κ3) is 6.98. The summed E-state index contributed by atoms with van der Waals surface area (Å²) >= 11 is 1.40. The number of nitrogens with zero attached hydrogens (tertiary/aromatic N) is 4. The number of hydrogen-bond donors (Lipinski definition) is 1. The molecule has 8 nitrogen and oxygen atoms in total. The van der Waals surface area contributed by atoms with Crippen LogP contribution in [0.3, 0.4) is 0 Å². The topological polar surface area (TPSA) is 87.7 Å². The summed E-state index contributed by atoms with van der Waals surface area (Å²) in [5.74, 6) is 2.00. The first-order valence-electron chi connectivity index (χ1n) is 16.3. The van der Waals surface area contributed by atoms with Gasteiger partial charge in [0.1, 0.15) is 6.61 Å². The van der Waals surface area contributed by atoms with Gasteiger partial charge in [0.25, 0.3) is 5.91 Å². The molecular formula is C36H45N5O3S. The molecule has 1 atom stereocenters. The van der Waals surface area contributed by atoms with E-state index >= 15 is 0 Å². The zero-order chi connectivity index (χ0) is 31.7. The van der Waals surface area contributed by atoms with Gasteiger partial charge in [0.2, 0.25) is 17.7 Å². The number of amides is 2. The Kier molecular flexibility index (Phi) is 9.09. The predicted molar refractivity (Wildman–Crippen MR) is 179 cm³/mol. The van der Waals surface area contributed by atoms with Crippen LogP contribution in [0, 0.1) is 31.1 Å². The number of ether oxygens (including phenoxy) is 1. The third-order valence-corrected chi connectivity index (χ3v) is 10.6. The summed E-state index contributed by atoms with van der Waals surface area (Å²) in [6.07, 6.45) is 5.14. The molecule has 1 aromatic heterocycles. The summed E-state index contributed by atoms with van der Waals surface area (Å²) in [4.78, 5) is 40.8. The third-order valence-electron chi connectivity index (χ3n) is 9.82. The van der Waals surface area contributed by atoms with E-state index in [4.69, 9.17) is 14.7 Å². The Hall–Kier alpha value is -3.59. The second kappa shape index (κ2) is 13.0. The molecule has 2 amide bonds. The molecule has 238 valence electrons. The van der Waals surface area contributed by atoms with E-state index in [9.17, 15) is 9.59 Å². The van der Waals surface area contributed by atoms with E-state index in [1.807, 2.05) is 35.2 Å². The number of nitrogens with one attached hydrogen (secondary N) is 1. The Balaban J connectivity index is 1.30. The van der Waals surface area contributed by atoms with Crippen LogP contribution in [0.4, 0.5) is 5.95 Å². The average molecular weight is 628 g/mol. The number of fused-ring (bicyclic) bond motifs is 4. The Labute approximate surface area is 271 Å². The largest absolute Gasteiger partial charge is 0.475 e. The highest BCUT2D eigenvalue weighted by molar-refractivity contribution is 8.00. The number of rotatable bonds is 5. The van der Waals surface area contributed by atoms with Gasteiger partial charge in [-0.1, -0.05) is 38.1 Å². The Morgan fingerprint density at radius 1 is 1.07 bits per heavy atom. The van der Waals surface area contributed by atoms with E-state index in [1.165, 1.54) is 11.9 Å². The molecule has 45 heavy (non-hydrogen) atoms. The smallest absolute Gasteiger partial charge is 0.254 e. The van der Waals surface area contributed by atoms with E-state index in [0.717, 1.165) is 72.5 Å². The lowest BCUT2D eigenvalue weighted by atomic mass is 9.57. The van der Waals surface area contributed by atoms with Gasteiger partial charge in [-0.05, 0) is 104 Å². The normalized spacial score (nSPS) is 20.0. The van der Waals surface area contributed by atoms with E-state index in [-0.39, 0.29) is 17.9 Å². The molecule has 2 fully saturated rings. The van der Waals surface area contributed by atoms with E-state index in [1.54, 1.807) is 6.92 Å². The summed E-state index contributed by atoms with van der Waals surface area (Å²) in [7, 11) is 0. The quantitative estimate of drug-likeness (QED) is 0.300. The van der Waals surface area contributed by atoms with Gasteiger partial charge in [-0.15, -0.1) is 0 Å². The van der Waals surface area contributed by atoms with E-state index in [2.05, 4.69) is 55.5 Å². The Morgan fingerprint density at radius 2 is 1.78 bits per heavy atom. The van der Waals surface area contributed by atoms with Crippen molar-refractivity contribution >= 4 is 29.7 Å². The van der Waals surface area contributed by atoms with Gasteiger partial charge < -0.3 is 14.5 Å². The fourth-order valence-electron chi connectivity index (χ4n) is 7.54. The zero-order valence-electron chi connectivity index (χ0n) is 27.1. The number of carbonyl (C=O) groups is 2. The summed E-state index contributed by atoms with van der Waals surface area (Å²) in [6, 6.07) is 15.9. The van der Waals surface area contributed by atoms with Crippen molar-refractivity contribution in [2.75, 3.05) is 31.0 Å². The molecule has 3 heterocycles. The van der Waals surface area contributed by atoms with Gasteiger partial charge in [-0.3, -0.25) is 14.3 Å². The van der Waals surface area contributed by atoms with Crippen molar-refractivity contribution in [3.8, 4) is 17.1 Å². The van der Waals surface area contributed by atoms with Gasteiger partial charge in [-0.25, -0.2) is 4.98 Å². The van der Waals surface area contributed by atoms with Gasteiger partial charge in [0.05, 0.1) is 11.7 Å². The van der Waals surface area contributed by atoms with Crippen molar-refractivity contribution in [2.45, 2.75) is 77.7 Å². The standard InChI is InChI=1S/C36H45N5O3S/c1-23(2)16-29-22-44-32-18-31(33-24(3)8-6-9-25(33)4)37-35(38-32)39-45-30-11-7-10-28(17-30)34(43)41(29)21-27-19-36(20-27)12-14-40(15-13-36)26(5)42/h6-11,17-18,23,27,29H,12-16,19-22H2,1-5H3,(H,37,38,39)/t29-/m1/s1. The summed E-state index contributed by atoms with van der Waals surface area (Å²) in [5.41, 5.74) is 5.16. The molecule has 6 rings (SSSR count). The number of piperidine rings is 1. The van der Waals surface area contributed by atoms with Crippen molar-refractivity contribution in [3.05, 3.63) is 65.2 Å². The van der Waals surface area contributed by atoms with Crippen LogP contribution in [0.5, 0.6) is 5.88 Å². The summed E-state index contributed by atoms with van der Waals surface area (Å²) in [5, 5.41) is 0. The number of benzene rings is 2. The predicted octanol–water partition coefficient (Wildman–Crippen LogP) is 7.17. The van der Waals surface area contributed by atoms with E-state index < -0.39 is 0 Å². The van der Waals surface area contributed by atoms with Crippen molar-refractivity contribution in [1.82, 2.24) is 19.8 Å². The van der Waals surface area contributed by atoms with Gasteiger partial charge >= 0.3 is 0 Å². The molecule has 3 aromatic rings. The maximum absolute atomic E-state index is 14.3. The lowest BCUT2D eigenvalue weighted by molar-refractivity contribution is -0.133. The van der Waals surface area contributed by atoms with Crippen molar-refractivity contribution in [2.24, 2.45) is 17.3 Å². The fourth-order valence-corrected chi connectivity index (χ4v) is 8.17. The van der Waals surface area contributed by atoms with Crippen LogP contribution in [0.25, 0.3) is 11.3 Å². The number of anilines is 1. The molecule has 1 spiro atoms. The van der Waals surface area contributed by atoms with Crippen molar-refractivity contribution in [3.63, 3.8) is 0 Å². The van der Waals surface area contributed by atoms with E-state index in [0.29, 0.717) is 47.8 Å². The monoisotopic (exact) mass is 627 g/mol. The van der Waals surface area contributed by atoms with Crippen molar-refractivity contribution < 1.29 is 14.3 Å². The summed E-state index contributed by atoms with van der Waals surface area (Å²) in [6.45, 7) is 13.0. The number of likely N-dealkylation sites (tertiary alicyclic amines) is 1. The zero-order valence-corrected chi connectivity index (χ0v) is 28.0. The highest BCUT2D eigenvalue weighted by Gasteiger charge is 2.47. The second-order valence-corrected chi connectivity index (χ2v) is 14.6. The fraction of sp³-hybridized carbons (Fsp3) is 0.500. The van der Waals surface area contributed by atoms with Crippen molar-refractivity contribution in [1.29, 1.82) is 0 Å². The number of carbonyl (C=O) groups excluding carboxylic acids is 2. The molecular weight excluding hydrogens is 582 g/mol. The average Bonchev–Trinajstić information content (AvgIpc) is 2.99. The lowest BCUT2D eigenvalue weighted by Gasteiger charge is -2.53. The van der Waals surface area contributed by atoms with Crippen LogP contribution < -0.4 is 9.46 Å². The maximum atomic E-state index is 14.3. The number of aryl methyl sites for hydroxylation is 2. The van der Waals surface area contributed by atoms with Crippen LogP contribution >= 0.6 is 11.9 Å². The molecule has 9 heteroatoms. The van der Waals surface area contributed by atoms with Crippen LogP contribution in [-0.4, -0.2) is 63.9 Å². The molecule has 3 aliphatic rings. The van der Waals surface area contributed by atoms with Gasteiger partial charge in [-0.2, -0.15) is 4.98 Å². The van der Waals surface area contributed by atoms with Crippen LogP contribution in [0.1, 0.15) is 74.4 Å². The molecule has 1 aliphatic carbocycles. The lowest BCUT2D eigenvalue weighted by Crippen LogP contribution is -2.53. The first-order valence-corrected chi connectivity index (χ1v) is 17.1. The van der Waals surface area contributed by atoms with Crippen LogP contribution in [0.15, 0.2) is 53.4 Å². The molecule has 1 N–H and O–H groups in total. The Morgan fingerprint density at radius 3 is 2.47 bits per heavy atom. The second-order valence-electron chi connectivity index (χ2n) is 13.7. The van der Waals surface area contributed by atoms with Gasteiger partial charge in [0, 0.05) is 48.6 Å². The first-order chi connectivity index (χ1) is 21.6. The number of aromatic nitrogens is 2. The molecule has 0 unspecified atom stereocenters. The number of hydrogen-bond acceptors (Lipinski definition) is 7.